The molecule has 0 saturated carbocycles. The molecule has 0 heterocycles. The Kier molecular flexibility index (Phi) is 6.89. The number of methoxy groups -OCH3 is 1. The lowest BCUT2D eigenvalue weighted by Gasteiger charge is -2.10. The SMILES string of the molecule is COC(=O)NS(=O)(=O)c1ccc(NC(=O)COc2ccc(Cl)cc2Cl)cc1. The minimum absolute atomic E-state index is 0.171. The molecule has 2 aromatic carbocycles. The lowest BCUT2D eigenvalue weighted by molar-refractivity contribution is -0.118. The number of ether oxygens (including phenoxy) is 2. The van der Waals surface area contributed by atoms with Gasteiger partial charge >= 0.3 is 6.09 Å². The summed E-state index contributed by atoms with van der Waals surface area (Å²) >= 11 is 11.7. The van der Waals surface area contributed by atoms with Crippen molar-refractivity contribution in [3.05, 3.63) is 52.5 Å². The third kappa shape index (κ3) is 6.02. The van der Waals surface area contributed by atoms with E-state index in [1.807, 2.05) is 0 Å². The van der Waals surface area contributed by atoms with Crippen LogP contribution < -0.4 is 14.8 Å². The zero-order valence-corrected chi connectivity index (χ0v) is 16.2. The van der Waals surface area contributed by atoms with Crippen LogP contribution in [0.4, 0.5) is 10.5 Å². The molecule has 8 nitrogen and oxygen atoms in total. The zero-order valence-electron chi connectivity index (χ0n) is 13.9. The second-order valence-electron chi connectivity index (χ2n) is 5.03. The maximum atomic E-state index is 11.9. The molecule has 2 N–H and O–H groups in total. The van der Waals surface area contributed by atoms with Crippen molar-refractivity contribution in [1.82, 2.24) is 4.72 Å². The largest absolute Gasteiger partial charge is 0.482 e. The highest BCUT2D eigenvalue weighted by molar-refractivity contribution is 7.90. The normalized spacial score (nSPS) is 10.8. The number of amides is 2. The molecule has 0 aliphatic rings. The van der Waals surface area contributed by atoms with Crippen molar-refractivity contribution in [2.45, 2.75) is 4.90 Å². The molecule has 0 spiro atoms. The van der Waals surface area contributed by atoms with E-state index in [1.54, 1.807) is 10.8 Å². The van der Waals surface area contributed by atoms with Gasteiger partial charge in [-0.1, -0.05) is 23.2 Å². The molecule has 2 aromatic rings. The summed E-state index contributed by atoms with van der Waals surface area (Å²) in [5.41, 5.74) is 0.336. The van der Waals surface area contributed by atoms with Gasteiger partial charge in [0.25, 0.3) is 15.9 Å². The highest BCUT2D eigenvalue weighted by Crippen LogP contribution is 2.27. The minimum atomic E-state index is -4.06. The summed E-state index contributed by atoms with van der Waals surface area (Å²) in [5.74, 6) is -0.184. The molecule has 0 aliphatic heterocycles. The van der Waals surface area contributed by atoms with E-state index in [-0.39, 0.29) is 16.5 Å². The van der Waals surface area contributed by atoms with Crippen molar-refractivity contribution in [2.24, 2.45) is 0 Å². The van der Waals surface area contributed by atoms with Gasteiger partial charge in [0.15, 0.2) is 6.61 Å². The number of nitrogens with one attached hydrogen (secondary N) is 2. The van der Waals surface area contributed by atoms with Gasteiger partial charge in [-0.2, -0.15) is 0 Å². The summed E-state index contributed by atoms with van der Waals surface area (Å²) in [7, 11) is -3.01. The third-order valence-electron chi connectivity index (χ3n) is 3.10. The summed E-state index contributed by atoms with van der Waals surface area (Å²) in [4.78, 5) is 22.8. The van der Waals surface area contributed by atoms with E-state index in [0.29, 0.717) is 16.5 Å². The number of sulfonamides is 1. The average Bonchev–Trinajstić information content (AvgIpc) is 2.61. The molecular formula is C16H14Cl2N2O6S. The Morgan fingerprint density at radius 3 is 2.33 bits per heavy atom. The molecule has 0 unspecified atom stereocenters. The third-order valence-corrected chi connectivity index (χ3v) is 4.96. The number of anilines is 1. The second-order valence-corrected chi connectivity index (χ2v) is 7.56. The number of hydrogen-bond acceptors (Lipinski definition) is 6. The van der Waals surface area contributed by atoms with E-state index in [2.05, 4.69) is 10.1 Å². The minimum Gasteiger partial charge on any atom is -0.482 e. The fraction of sp³-hybridized carbons (Fsp3) is 0.125. The van der Waals surface area contributed by atoms with E-state index in [0.717, 1.165) is 7.11 Å². The molecule has 0 atom stereocenters. The molecule has 0 saturated heterocycles. The van der Waals surface area contributed by atoms with Crippen LogP contribution in [0.25, 0.3) is 0 Å². The van der Waals surface area contributed by atoms with E-state index < -0.39 is 22.0 Å². The van der Waals surface area contributed by atoms with Gasteiger partial charge < -0.3 is 14.8 Å². The topological polar surface area (TPSA) is 111 Å². The van der Waals surface area contributed by atoms with Gasteiger partial charge in [-0.15, -0.1) is 0 Å². The summed E-state index contributed by atoms with van der Waals surface area (Å²) in [6.45, 7) is -0.314. The summed E-state index contributed by atoms with van der Waals surface area (Å²) in [5, 5.41) is 3.24. The predicted molar refractivity (Wildman–Crippen MR) is 99.8 cm³/mol. The average molecular weight is 433 g/mol. The van der Waals surface area contributed by atoms with Gasteiger partial charge in [-0.3, -0.25) is 4.79 Å². The van der Waals surface area contributed by atoms with Crippen LogP contribution in [0.1, 0.15) is 0 Å². The molecule has 0 aliphatic carbocycles. The first kappa shape index (κ1) is 20.8. The van der Waals surface area contributed by atoms with E-state index in [4.69, 9.17) is 27.9 Å². The quantitative estimate of drug-likeness (QED) is 0.725. The Balaban J connectivity index is 1.95. The highest BCUT2D eigenvalue weighted by atomic mass is 35.5. The molecule has 27 heavy (non-hydrogen) atoms. The molecule has 144 valence electrons. The number of carbonyl (C=O) groups excluding carboxylic acids is 2. The molecule has 2 amide bonds. The van der Waals surface area contributed by atoms with Gasteiger partial charge in [-0.05, 0) is 42.5 Å². The number of rotatable bonds is 6. The molecule has 0 radical (unpaired) electrons. The molecule has 11 heteroatoms. The molecule has 0 aromatic heterocycles. The van der Waals surface area contributed by atoms with Crippen LogP contribution >= 0.6 is 23.2 Å². The first-order valence-electron chi connectivity index (χ1n) is 7.30. The van der Waals surface area contributed by atoms with Crippen LogP contribution in [0, 0.1) is 0 Å². The molecule has 0 bridgehead atoms. The van der Waals surface area contributed by atoms with Crippen LogP contribution in [0.2, 0.25) is 10.0 Å². The smallest absolute Gasteiger partial charge is 0.420 e. The molecule has 0 fully saturated rings. The lowest BCUT2D eigenvalue weighted by atomic mass is 10.3. The first-order chi connectivity index (χ1) is 12.7. The van der Waals surface area contributed by atoms with Crippen LogP contribution in [0.15, 0.2) is 47.4 Å². The van der Waals surface area contributed by atoms with Crippen molar-refractivity contribution in [3.8, 4) is 5.75 Å². The second kappa shape index (κ2) is 8.94. The first-order valence-corrected chi connectivity index (χ1v) is 9.54. The van der Waals surface area contributed by atoms with Gasteiger partial charge in [0.05, 0.1) is 17.0 Å². The fourth-order valence-electron chi connectivity index (χ4n) is 1.86. The van der Waals surface area contributed by atoms with Crippen LogP contribution in [0.5, 0.6) is 5.75 Å². The van der Waals surface area contributed by atoms with Crippen molar-refractivity contribution >= 4 is 50.9 Å². The highest BCUT2D eigenvalue weighted by Gasteiger charge is 2.17. The van der Waals surface area contributed by atoms with E-state index in [1.165, 1.54) is 36.4 Å². The number of benzene rings is 2. The Morgan fingerprint density at radius 2 is 1.74 bits per heavy atom. The molecule has 2 rings (SSSR count). The van der Waals surface area contributed by atoms with E-state index in [9.17, 15) is 18.0 Å². The van der Waals surface area contributed by atoms with Crippen LogP contribution in [-0.2, 0) is 19.6 Å². The number of halogens is 2. The summed E-state index contributed by atoms with van der Waals surface area (Å²) in [6.07, 6.45) is -1.11. The Morgan fingerprint density at radius 1 is 1.07 bits per heavy atom. The molecular weight excluding hydrogens is 419 g/mol. The van der Waals surface area contributed by atoms with Crippen molar-refractivity contribution in [3.63, 3.8) is 0 Å². The predicted octanol–water partition coefficient (Wildman–Crippen LogP) is 3.06. The van der Waals surface area contributed by atoms with E-state index >= 15 is 0 Å². The van der Waals surface area contributed by atoms with Crippen molar-refractivity contribution < 1.29 is 27.5 Å². The monoisotopic (exact) mass is 432 g/mol. The van der Waals surface area contributed by atoms with Crippen molar-refractivity contribution in [2.75, 3.05) is 19.0 Å². The van der Waals surface area contributed by atoms with Gasteiger partial charge in [0, 0.05) is 10.7 Å². The van der Waals surface area contributed by atoms with Gasteiger partial charge in [0.1, 0.15) is 5.75 Å². The fourth-order valence-corrected chi connectivity index (χ4v) is 3.24. The van der Waals surface area contributed by atoms with Gasteiger partial charge in [-0.25, -0.2) is 17.9 Å². The lowest BCUT2D eigenvalue weighted by Crippen LogP contribution is -2.30. The summed E-state index contributed by atoms with van der Waals surface area (Å²) in [6, 6.07) is 9.75. The maximum absolute atomic E-state index is 11.9. The Labute approximate surface area is 165 Å². The van der Waals surface area contributed by atoms with Crippen LogP contribution in [0.3, 0.4) is 0 Å². The van der Waals surface area contributed by atoms with Gasteiger partial charge in [0.2, 0.25) is 0 Å². The number of hydrogen-bond donors (Lipinski definition) is 2. The Hall–Kier alpha value is -2.49. The standard InChI is InChI=1S/C16H14Cl2N2O6S/c1-25-16(22)20-27(23,24)12-5-3-11(4-6-12)19-15(21)9-26-14-7-2-10(17)8-13(14)18/h2-8H,9H2,1H3,(H,19,21)(H,20,22). The zero-order chi connectivity index (χ0) is 20.0. The summed E-state index contributed by atoms with van der Waals surface area (Å²) < 4.78 is 35.1. The number of carbonyl (C=O) groups is 2. The van der Waals surface area contributed by atoms with Crippen LogP contribution in [-0.4, -0.2) is 34.1 Å². The maximum Gasteiger partial charge on any atom is 0.420 e. The Bertz CT molecular complexity index is 948. The van der Waals surface area contributed by atoms with Crippen molar-refractivity contribution in [1.29, 1.82) is 0 Å².